The zero-order chi connectivity index (χ0) is 17.5. The molecule has 0 fully saturated rings. The maximum atomic E-state index is 12.1. The van der Waals surface area contributed by atoms with Crippen LogP contribution in [0.15, 0.2) is 0 Å². The number of amides is 2. The van der Waals surface area contributed by atoms with Crippen LogP contribution in [0.5, 0.6) is 0 Å². The first-order valence-electron chi connectivity index (χ1n) is 7.70. The average Bonchev–Trinajstić information content (AvgIpc) is 2.33. The van der Waals surface area contributed by atoms with Crippen LogP contribution in [0.2, 0.25) is 0 Å². The van der Waals surface area contributed by atoms with Crippen molar-refractivity contribution < 1.29 is 19.1 Å². The fourth-order valence-corrected chi connectivity index (χ4v) is 2.06. The number of carbonyl (C=O) groups excluding carboxylic acids is 3. The summed E-state index contributed by atoms with van der Waals surface area (Å²) >= 11 is 0. The van der Waals surface area contributed by atoms with Crippen molar-refractivity contribution in [1.82, 2.24) is 10.6 Å². The molecule has 0 saturated carbocycles. The van der Waals surface area contributed by atoms with E-state index in [9.17, 15) is 14.4 Å². The second-order valence-electron chi connectivity index (χ2n) is 7.00. The van der Waals surface area contributed by atoms with Gasteiger partial charge >= 0.3 is 5.97 Å². The summed E-state index contributed by atoms with van der Waals surface area (Å²) in [6, 6.07) is -0.915. The summed E-state index contributed by atoms with van der Waals surface area (Å²) in [6.07, 6.45) is 0.538. The maximum Gasteiger partial charge on any atom is 0.308 e. The van der Waals surface area contributed by atoms with Crippen molar-refractivity contribution in [2.75, 3.05) is 7.05 Å². The Morgan fingerprint density at radius 3 is 2.00 bits per heavy atom. The topological polar surface area (TPSA) is 84.5 Å². The molecular formula is C16H30N2O4. The monoisotopic (exact) mass is 314 g/mol. The first kappa shape index (κ1) is 20.4. The molecule has 2 N–H and O–H groups in total. The van der Waals surface area contributed by atoms with E-state index in [4.69, 9.17) is 4.74 Å². The molecule has 0 rings (SSSR count). The lowest BCUT2D eigenvalue weighted by Gasteiger charge is -2.23. The fraction of sp³-hybridized carbons (Fsp3) is 0.812. The third kappa shape index (κ3) is 8.64. The molecule has 0 bridgehead atoms. The summed E-state index contributed by atoms with van der Waals surface area (Å²) in [7, 11) is 1.47. The van der Waals surface area contributed by atoms with Gasteiger partial charge in [0, 0.05) is 13.0 Å². The molecule has 0 aliphatic carbocycles. The molecule has 2 atom stereocenters. The minimum Gasteiger partial charge on any atom is -0.460 e. The van der Waals surface area contributed by atoms with Crippen molar-refractivity contribution in [2.24, 2.45) is 11.8 Å². The minimum atomic E-state index is -0.915. The number of carbonyl (C=O) groups is 3. The lowest BCUT2D eigenvalue weighted by atomic mass is 9.97. The zero-order valence-electron chi connectivity index (χ0n) is 14.8. The number of likely N-dealkylation sites (N-methyl/N-ethyl adjacent to an activating group) is 1. The molecule has 0 heterocycles. The lowest BCUT2D eigenvalue weighted by Crippen LogP contribution is -2.49. The molecule has 128 valence electrons. The molecule has 6 heteroatoms. The normalized spacial score (nSPS) is 14.2. The molecule has 0 spiro atoms. The Morgan fingerprint density at radius 2 is 1.59 bits per heavy atom. The van der Waals surface area contributed by atoms with Crippen molar-refractivity contribution in [3.63, 3.8) is 0 Å². The summed E-state index contributed by atoms with van der Waals surface area (Å²) in [4.78, 5) is 35.9. The van der Waals surface area contributed by atoms with Gasteiger partial charge in [-0.25, -0.2) is 0 Å². The molecule has 0 aliphatic rings. The van der Waals surface area contributed by atoms with Gasteiger partial charge in [0.1, 0.15) is 11.6 Å². The molecule has 1 unspecified atom stereocenters. The molecule has 0 aromatic heterocycles. The van der Waals surface area contributed by atoms with Gasteiger partial charge in [0.05, 0.1) is 6.42 Å². The van der Waals surface area contributed by atoms with E-state index in [1.54, 1.807) is 20.8 Å². The van der Waals surface area contributed by atoms with Gasteiger partial charge in [0.2, 0.25) is 11.8 Å². The van der Waals surface area contributed by atoms with Crippen LogP contribution in [0.3, 0.4) is 0 Å². The van der Waals surface area contributed by atoms with E-state index >= 15 is 0 Å². The van der Waals surface area contributed by atoms with Gasteiger partial charge < -0.3 is 15.4 Å². The number of esters is 1. The van der Waals surface area contributed by atoms with E-state index in [0.29, 0.717) is 5.92 Å². The Labute approximate surface area is 133 Å². The van der Waals surface area contributed by atoms with E-state index in [1.807, 2.05) is 20.8 Å². The van der Waals surface area contributed by atoms with Gasteiger partial charge in [0.25, 0.3) is 0 Å². The van der Waals surface area contributed by atoms with E-state index in [-0.39, 0.29) is 18.2 Å². The Balaban J connectivity index is 4.76. The molecule has 0 aromatic rings. The van der Waals surface area contributed by atoms with Gasteiger partial charge in [-0.2, -0.15) is 0 Å². The maximum absolute atomic E-state index is 12.1. The summed E-state index contributed by atoms with van der Waals surface area (Å²) in [5, 5.41) is 5.09. The molecule has 0 aliphatic heterocycles. The highest BCUT2D eigenvalue weighted by atomic mass is 16.6. The van der Waals surface area contributed by atoms with E-state index in [2.05, 4.69) is 10.6 Å². The van der Waals surface area contributed by atoms with Crippen LogP contribution in [0.25, 0.3) is 0 Å². The predicted molar refractivity (Wildman–Crippen MR) is 85.1 cm³/mol. The summed E-state index contributed by atoms with van der Waals surface area (Å²) in [5.74, 6) is -0.990. The van der Waals surface area contributed by atoms with Gasteiger partial charge in [-0.3, -0.25) is 14.4 Å². The Kier molecular flexibility index (Phi) is 8.12. The zero-order valence-corrected chi connectivity index (χ0v) is 14.8. The molecular weight excluding hydrogens is 284 g/mol. The van der Waals surface area contributed by atoms with Gasteiger partial charge in [-0.05, 0) is 33.1 Å². The molecule has 0 saturated heterocycles. The highest BCUT2D eigenvalue weighted by Crippen LogP contribution is 2.13. The van der Waals surface area contributed by atoms with Crippen molar-refractivity contribution in [3.05, 3.63) is 0 Å². The molecule has 2 amide bonds. The summed E-state index contributed by atoms with van der Waals surface area (Å²) in [6.45, 7) is 11.1. The average molecular weight is 314 g/mol. The van der Waals surface area contributed by atoms with Crippen molar-refractivity contribution >= 4 is 17.8 Å². The smallest absolute Gasteiger partial charge is 0.308 e. The molecule has 0 radical (unpaired) electrons. The Hall–Kier alpha value is -1.59. The van der Waals surface area contributed by atoms with Crippen LogP contribution in [-0.4, -0.2) is 36.5 Å². The van der Waals surface area contributed by atoms with Crippen LogP contribution in [0, 0.1) is 11.8 Å². The van der Waals surface area contributed by atoms with Gasteiger partial charge in [0.15, 0.2) is 0 Å². The lowest BCUT2D eigenvalue weighted by molar-refractivity contribution is -0.156. The molecule has 22 heavy (non-hydrogen) atoms. The van der Waals surface area contributed by atoms with E-state index in [1.165, 1.54) is 7.05 Å². The quantitative estimate of drug-likeness (QED) is 0.700. The first-order chi connectivity index (χ1) is 9.96. The SMILES string of the molecule is CNC(=O)[C@@H](CC(=O)OC(C)(C)C)NC(=O)C(C)CC(C)C. The number of ether oxygens (including phenoxy) is 1. The van der Waals surface area contributed by atoms with Gasteiger partial charge in [-0.15, -0.1) is 0 Å². The Bertz CT molecular complexity index is 399. The predicted octanol–water partition coefficient (Wildman–Crippen LogP) is 1.63. The third-order valence-corrected chi connectivity index (χ3v) is 2.94. The van der Waals surface area contributed by atoms with Crippen LogP contribution in [0.4, 0.5) is 0 Å². The highest BCUT2D eigenvalue weighted by molar-refractivity contribution is 5.91. The second kappa shape index (κ2) is 8.76. The number of rotatable bonds is 7. The van der Waals surface area contributed by atoms with Crippen molar-refractivity contribution in [3.8, 4) is 0 Å². The first-order valence-corrected chi connectivity index (χ1v) is 7.70. The summed E-state index contributed by atoms with van der Waals surface area (Å²) in [5.41, 5.74) is -0.626. The fourth-order valence-electron chi connectivity index (χ4n) is 2.06. The largest absolute Gasteiger partial charge is 0.460 e. The van der Waals surface area contributed by atoms with Crippen LogP contribution in [0.1, 0.15) is 54.4 Å². The minimum absolute atomic E-state index is 0.183. The molecule has 0 aromatic carbocycles. The second-order valence-corrected chi connectivity index (χ2v) is 7.00. The molecule has 6 nitrogen and oxygen atoms in total. The highest BCUT2D eigenvalue weighted by Gasteiger charge is 2.27. The standard InChI is InChI=1S/C16H30N2O4/c1-10(2)8-11(3)14(20)18-12(15(21)17-7)9-13(19)22-16(4,5)6/h10-12H,8-9H2,1-7H3,(H,17,21)(H,18,20)/t11?,12-/m1/s1. The van der Waals surface area contributed by atoms with Crippen LogP contribution >= 0.6 is 0 Å². The number of nitrogens with one attached hydrogen (secondary N) is 2. The number of hydrogen-bond acceptors (Lipinski definition) is 4. The third-order valence-electron chi connectivity index (χ3n) is 2.94. The van der Waals surface area contributed by atoms with E-state index in [0.717, 1.165) is 6.42 Å². The summed E-state index contributed by atoms with van der Waals surface area (Å²) < 4.78 is 5.20. The van der Waals surface area contributed by atoms with Crippen molar-refractivity contribution in [1.29, 1.82) is 0 Å². The van der Waals surface area contributed by atoms with Crippen LogP contribution in [-0.2, 0) is 19.1 Å². The van der Waals surface area contributed by atoms with Crippen molar-refractivity contribution in [2.45, 2.75) is 66.0 Å². The van der Waals surface area contributed by atoms with Gasteiger partial charge in [-0.1, -0.05) is 20.8 Å². The van der Waals surface area contributed by atoms with E-state index < -0.39 is 23.5 Å². The number of hydrogen-bond donors (Lipinski definition) is 2. The Morgan fingerprint density at radius 1 is 1.05 bits per heavy atom. The van der Waals surface area contributed by atoms with Crippen LogP contribution < -0.4 is 10.6 Å².